The number of hydrogen-bond donors (Lipinski definition) is 1. The molecule has 9 nitrogen and oxygen atoms in total. The number of aryl methyl sites for hydroxylation is 1. The lowest BCUT2D eigenvalue weighted by Crippen LogP contribution is -2.37. The minimum absolute atomic E-state index is 0.185. The van der Waals surface area contributed by atoms with E-state index in [1.807, 2.05) is 29.6 Å². The second kappa shape index (κ2) is 7.56. The van der Waals surface area contributed by atoms with Crippen molar-refractivity contribution in [2.45, 2.75) is 0 Å². The van der Waals surface area contributed by atoms with E-state index in [1.54, 1.807) is 7.11 Å². The van der Waals surface area contributed by atoms with Crippen molar-refractivity contribution in [3.63, 3.8) is 0 Å². The smallest absolute Gasteiger partial charge is 0.332 e. The summed E-state index contributed by atoms with van der Waals surface area (Å²) in [7, 11) is 4.50. The summed E-state index contributed by atoms with van der Waals surface area (Å²) in [4.78, 5) is 45.6. The SMILES string of the molecule is COc1ccc(-c2csc(NC(=O)c3cnc4c(c3)c(=O)n(C)c(=O)n4C)n2)cc1. The summed E-state index contributed by atoms with van der Waals surface area (Å²) < 4.78 is 7.39. The molecule has 1 amide bonds. The van der Waals surface area contributed by atoms with E-state index in [-0.39, 0.29) is 16.6 Å². The lowest BCUT2D eigenvalue weighted by molar-refractivity contribution is 0.102. The third kappa shape index (κ3) is 3.37. The van der Waals surface area contributed by atoms with Gasteiger partial charge in [-0.2, -0.15) is 0 Å². The molecule has 0 unspecified atom stereocenters. The highest BCUT2D eigenvalue weighted by Gasteiger charge is 2.15. The van der Waals surface area contributed by atoms with Crippen LogP contribution in [0.25, 0.3) is 22.3 Å². The molecule has 0 bridgehead atoms. The first-order valence-electron chi connectivity index (χ1n) is 8.86. The van der Waals surface area contributed by atoms with Crippen LogP contribution in [0.1, 0.15) is 10.4 Å². The van der Waals surface area contributed by atoms with E-state index in [1.165, 1.54) is 42.3 Å². The maximum atomic E-state index is 12.7. The van der Waals surface area contributed by atoms with Crippen LogP contribution >= 0.6 is 11.3 Å². The number of carbonyl (C=O) groups excluding carboxylic acids is 1. The Morgan fingerprint density at radius 2 is 1.87 bits per heavy atom. The van der Waals surface area contributed by atoms with Gasteiger partial charge >= 0.3 is 5.69 Å². The first kappa shape index (κ1) is 19.5. The van der Waals surface area contributed by atoms with Crippen molar-refractivity contribution in [2.75, 3.05) is 12.4 Å². The quantitative estimate of drug-likeness (QED) is 0.538. The largest absolute Gasteiger partial charge is 0.497 e. The third-order valence-corrected chi connectivity index (χ3v) is 5.42. The molecule has 4 rings (SSSR count). The maximum Gasteiger partial charge on any atom is 0.332 e. The molecule has 1 N–H and O–H groups in total. The number of nitrogens with zero attached hydrogens (tertiary/aromatic N) is 4. The fourth-order valence-electron chi connectivity index (χ4n) is 2.98. The van der Waals surface area contributed by atoms with E-state index < -0.39 is 17.2 Å². The molecule has 0 fully saturated rings. The Kier molecular flexibility index (Phi) is 4.92. The molecule has 3 heterocycles. The van der Waals surface area contributed by atoms with Gasteiger partial charge in [-0.15, -0.1) is 11.3 Å². The van der Waals surface area contributed by atoms with Crippen molar-refractivity contribution < 1.29 is 9.53 Å². The zero-order valence-corrected chi connectivity index (χ0v) is 17.2. The number of ether oxygens (including phenoxy) is 1. The zero-order chi connectivity index (χ0) is 21.4. The first-order valence-corrected chi connectivity index (χ1v) is 9.74. The van der Waals surface area contributed by atoms with Gasteiger partial charge in [-0.3, -0.25) is 24.0 Å². The van der Waals surface area contributed by atoms with Gasteiger partial charge < -0.3 is 4.74 Å². The molecule has 0 saturated heterocycles. The van der Waals surface area contributed by atoms with Crippen LogP contribution in [-0.4, -0.2) is 32.1 Å². The van der Waals surface area contributed by atoms with Gasteiger partial charge in [0.2, 0.25) is 0 Å². The summed E-state index contributed by atoms with van der Waals surface area (Å²) >= 11 is 1.28. The summed E-state index contributed by atoms with van der Waals surface area (Å²) in [5.41, 5.74) is 1.04. The van der Waals surface area contributed by atoms with Gasteiger partial charge in [-0.05, 0) is 30.3 Å². The lowest BCUT2D eigenvalue weighted by atomic mass is 10.2. The molecular formula is C20H17N5O4S. The summed E-state index contributed by atoms with van der Waals surface area (Å²) in [6.45, 7) is 0. The number of aromatic nitrogens is 4. The molecule has 10 heteroatoms. The topological polar surface area (TPSA) is 108 Å². The number of rotatable bonds is 4. The summed E-state index contributed by atoms with van der Waals surface area (Å²) in [6, 6.07) is 8.86. The van der Waals surface area contributed by atoms with E-state index in [2.05, 4.69) is 15.3 Å². The number of methoxy groups -OCH3 is 1. The van der Waals surface area contributed by atoms with E-state index in [0.29, 0.717) is 5.13 Å². The molecule has 4 aromatic rings. The van der Waals surface area contributed by atoms with Gasteiger partial charge in [0.25, 0.3) is 11.5 Å². The summed E-state index contributed by atoms with van der Waals surface area (Å²) in [5, 5.41) is 5.16. The van der Waals surface area contributed by atoms with Crippen molar-refractivity contribution >= 4 is 33.4 Å². The number of hydrogen-bond acceptors (Lipinski definition) is 7. The number of thiazole rings is 1. The Balaban J connectivity index is 1.61. The highest BCUT2D eigenvalue weighted by molar-refractivity contribution is 7.14. The van der Waals surface area contributed by atoms with Crippen LogP contribution in [0.15, 0.2) is 51.5 Å². The predicted molar refractivity (Wildman–Crippen MR) is 114 cm³/mol. The summed E-state index contributed by atoms with van der Waals surface area (Å²) in [6.07, 6.45) is 1.33. The number of amides is 1. The van der Waals surface area contributed by atoms with Crippen LogP contribution in [-0.2, 0) is 14.1 Å². The zero-order valence-electron chi connectivity index (χ0n) is 16.4. The molecule has 0 radical (unpaired) electrons. The molecule has 30 heavy (non-hydrogen) atoms. The number of nitrogens with one attached hydrogen (secondary N) is 1. The third-order valence-electron chi connectivity index (χ3n) is 4.67. The molecule has 3 aromatic heterocycles. The van der Waals surface area contributed by atoms with Crippen molar-refractivity contribution in [2.24, 2.45) is 14.1 Å². The van der Waals surface area contributed by atoms with Crippen LogP contribution in [0.2, 0.25) is 0 Å². The van der Waals surface area contributed by atoms with E-state index in [0.717, 1.165) is 21.6 Å². The van der Waals surface area contributed by atoms with Gasteiger partial charge in [0.1, 0.15) is 11.4 Å². The van der Waals surface area contributed by atoms with Gasteiger partial charge in [0.15, 0.2) is 5.13 Å². The average molecular weight is 423 g/mol. The number of benzene rings is 1. The van der Waals surface area contributed by atoms with Crippen LogP contribution in [0.4, 0.5) is 5.13 Å². The van der Waals surface area contributed by atoms with Crippen LogP contribution in [0.3, 0.4) is 0 Å². The Labute approximate surface area is 174 Å². The molecule has 0 aliphatic rings. The van der Waals surface area contributed by atoms with E-state index in [9.17, 15) is 14.4 Å². The first-order chi connectivity index (χ1) is 14.4. The molecule has 0 aliphatic heterocycles. The van der Waals surface area contributed by atoms with Crippen LogP contribution in [0, 0.1) is 0 Å². The minimum atomic E-state index is -0.508. The molecule has 0 spiro atoms. The monoisotopic (exact) mass is 423 g/mol. The van der Waals surface area contributed by atoms with Gasteiger partial charge in [0, 0.05) is 31.2 Å². The molecule has 0 saturated carbocycles. The van der Waals surface area contributed by atoms with Crippen molar-refractivity contribution in [1.82, 2.24) is 19.1 Å². The minimum Gasteiger partial charge on any atom is -0.497 e. The Bertz CT molecular complexity index is 1390. The fraction of sp³-hybridized carbons (Fsp3) is 0.150. The van der Waals surface area contributed by atoms with E-state index >= 15 is 0 Å². The van der Waals surface area contributed by atoms with Crippen molar-refractivity contribution in [3.8, 4) is 17.0 Å². The van der Waals surface area contributed by atoms with Gasteiger partial charge in [-0.25, -0.2) is 14.8 Å². The van der Waals surface area contributed by atoms with Crippen LogP contribution < -0.4 is 21.3 Å². The second-order valence-electron chi connectivity index (χ2n) is 6.52. The number of fused-ring (bicyclic) bond motifs is 1. The highest BCUT2D eigenvalue weighted by atomic mass is 32.1. The fourth-order valence-corrected chi connectivity index (χ4v) is 3.70. The Morgan fingerprint density at radius 1 is 1.13 bits per heavy atom. The van der Waals surface area contributed by atoms with Crippen molar-refractivity contribution in [1.29, 1.82) is 0 Å². The van der Waals surface area contributed by atoms with Crippen molar-refractivity contribution in [3.05, 3.63) is 68.3 Å². The second-order valence-corrected chi connectivity index (χ2v) is 7.38. The van der Waals surface area contributed by atoms with E-state index in [4.69, 9.17) is 4.74 Å². The van der Waals surface area contributed by atoms with Gasteiger partial charge in [-0.1, -0.05) is 0 Å². The van der Waals surface area contributed by atoms with Crippen LogP contribution in [0.5, 0.6) is 5.75 Å². The molecular weight excluding hydrogens is 406 g/mol. The molecule has 0 aliphatic carbocycles. The predicted octanol–water partition coefficient (Wildman–Crippen LogP) is 2.02. The molecule has 1 aromatic carbocycles. The lowest BCUT2D eigenvalue weighted by Gasteiger charge is -2.08. The number of carbonyl (C=O) groups is 1. The maximum absolute atomic E-state index is 12.7. The standard InChI is InChI=1S/C20H17N5O4S/c1-24-16-14(18(27)25(2)20(24)28)8-12(9-21-16)17(26)23-19-22-15(10-30-19)11-4-6-13(29-3)7-5-11/h4-10H,1-3H3,(H,22,23,26). The highest BCUT2D eigenvalue weighted by Crippen LogP contribution is 2.26. The molecule has 0 atom stereocenters. The average Bonchev–Trinajstić information content (AvgIpc) is 3.24. The Hall–Kier alpha value is -3.79. The number of pyridine rings is 1. The van der Waals surface area contributed by atoms with Gasteiger partial charge in [0.05, 0.1) is 23.8 Å². The molecule has 152 valence electrons. The normalized spacial score (nSPS) is 10.9. The number of anilines is 1. The summed E-state index contributed by atoms with van der Waals surface area (Å²) in [5.74, 6) is 0.297. The Morgan fingerprint density at radius 3 is 2.57 bits per heavy atom.